The van der Waals surface area contributed by atoms with Crippen LogP contribution in [0.2, 0.25) is 0 Å². The van der Waals surface area contributed by atoms with Gasteiger partial charge in [0.2, 0.25) is 0 Å². The maximum Gasteiger partial charge on any atom is 0.313 e. The van der Waals surface area contributed by atoms with E-state index in [1.807, 2.05) is 26.8 Å². The fourth-order valence-corrected chi connectivity index (χ4v) is 9.11. The molecule has 0 aromatic heterocycles. The van der Waals surface area contributed by atoms with Crippen LogP contribution in [0.5, 0.6) is 0 Å². The van der Waals surface area contributed by atoms with Crippen LogP contribution in [0.1, 0.15) is 122 Å². The number of aliphatic hydroxyl groups is 7. The Hall–Kier alpha value is -5.87. The summed E-state index contributed by atoms with van der Waals surface area (Å²) in [6, 6.07) is 6.43. The Labute approximate surface area is 456 Å². The van der Waals surface area contributed by atoms with Gasteiger partial charge in [0.15, 0.2) is 24.0 Å². The fraction of sp³-hybridized carbons (Fsp3) is 0.542. The number of aliphatic hydroxyl groups excluding tert-OH is 7. The van der Waals surface area contributed by atoms with Crippen LogP contribution in [-0.4, -0.2) is 149 Å². The van der Waals surface area contributed by atoms with Crippen molar-refractivity contribution in [2.45, 2.75) is 178 Å². The second-order valence-corrected chi connectivity index (χ2v) is 20.4. The van der Waals surface area contributed by atoms with Crippen LogP contribution < -0.4 is 5.73 Å². The molecule has 19 heteroatoms. The fourth-order valence-electron chi connectivity index (χ4n) is 9.11. The second-order valence-electron chi connectivity index (χ2n) is 20.4. The molecule has 0 aliphatic carbocycles. The van der Waals surface area contributed by atoms with Crippen LogP contribution >= 0.6 is 0 Å². The molecule has 15 atom stereocenters. The summed E-state index contributed by atoms with van der Waals surface area (Å²) in [5, 5.41) is 84.9. The number of aliphatic carboxylic acids is 1. The van der Waals surface area contributed by atoms with E-state index < -0.39 is 128 Å². The quantitative estimate of drug-likeness (QED) is 0.0652. The first-order chi connectivity index (χ1) is 37.0. The summed E-state index contributed by atoms with van der Waals surface area (Å²) in [5.74, 6) is -7.97. The van der Waals surface area contributed by atoms with Gasteiger partial charge in [0.25, 0.3) is 0 Å². The maximum absolute atomic E-state index is 13.3. The van der Waals surface area contributed by atoms with Crippen molar-refractivity contribution in [1.82, 2.24) is 0 Å². The molecule has 19 nitrogen and oxygen atoms in total. The van der Waals surface area contributed by atoms with Crippen LogP contribution in [0.3, 0.4) is 0 Å². The molecule has 2 heterocycles. The number of nitrogens with two attached hydrogens (primary N) is 1. The molecular weight excluding hydrogens is 1010 g/mol. The second kappa shape index (κ2) is 34.9. The van der Waals surface area contributed by atoms with E-state index in [0.29, 0.717) is 17.7 Å². The van der Waals surface area contributed by atoms with Crippen molar-refractivity contribution in [2.24, 2.45) is 23.7 Å². The summed E-state index contributed by atoms with van der Waals surface area (Å²) in [7, 11) is 0. The molecule has 10 N–H and O–H groups in total. The zero-order valence-corrected chi connectivity index (χ0v) is 45.0. The van der Waals surface area contributed by atoms with Crippen LogP contribution in [-0.2, 0) is 43.0 Å². The van der Waals surface area contributed by atoms with Gasteiger partial charge in [-0.25, -0.2) is 0 Å². The van der Waals surface area contributed by atoms with Gasteiger partial charge < -0.3 is 60.8 Å². The normalized spacial score (nSPS) is 33.1. The lowest BCUT2D eigenvalue weighted by Gasteiger charge is -2.36. The number of rotatable bonds is 10. The molecular formula is C59H81NO18. The topological polar surface area (TPSA) is 335 Å². The minimum atomic E-state index is -1.94. The first-order valence-electron chi connectivity index (χ1n) is 26.6. The largest absolute Gasteiger partial charge is 0.481 e. The summed E-state index contributed by atoms with van der Waals surface area (Å²) in [5.41, 5.74) is 6.69. The molecule has 8 unspecified atom stereocenters. The molecule has 0 radical (unpaired) electrons. The van der Waals surface area contributed by atoms with Gasteiger partial charge in [0, 0.05) is 62.1 Å². The summed E-state index contributed by atoms with van der Waals surface area (Å²) in [4.78, 5) is 89.6. The van der Waals surface area contributed by atoms with E-state index in [-0.39, 0.29) is 80.7 Å². The Morgan fingerprint density at radius 2 is 1.26 bits per heavy atom. The first-order valence-corrected chi connectivity index (χ1v) is 26.6. The molecule has 2 aliphatic heterocycles. The van der Waals surface area contributed by atoms with E-state index in [2.05, 4.69) is 0 Å². The van der Waals surface area contributed by atoms with Gasteiger partial charge in [-0.05, 0) is 75.1 Å². The number of hydrogen-bond donors (Lipinski definition) is 9. The van der Waals surface area contributed by atoms with Crippen molar-refractivity contribution in [3.63, 3.8) is 0 Å². The van der Waals surface area contributed by atoms with E-state index in [1.165, 1.54) is 19.1 Å². The van der Waals surface area contributed by atoms with Crippen molar-refractivity contribution >= 4 is 46.5 Å². The summed E-state index contributed by atoms with van der Waals surface area (Å²) in [6.45, 7) is 6.93. The highest BCUT2D eigenvalue weighted by Crippen LogP contribution is 2.29. The zero-order valence-electron chi connectivity index (χ0n) is 45.0. The zero-order chi connectivity index (χ0) is 57.9. The Morgan fingerprint density at radius 1 is 0.692 bits per heavy atom. The number of carbonyl (C=O) groups is 7. The van der Waals surface area contributed by atoms with Crippen LogP contribution in [0.15, 0.2) is 109 Å². The average Bonchev–Trinajstić information content (AvgIpc) is 3.37. The number of allylic oxidation sites excluding steroid dienone is 12. The smallest absolute Gasteiger partial charge is 0.313 e. The molecule has 0 amide bonds. The number of carboxylic acids is 1. The van der Waals surface area contributed by atoms with Crippen molar-refractivity contribution < 1.29 is 88.6 Å². The molecule has 1 saturated heterocycles. The SMILES string of the molecule is CC(CC(C)[C@H](O)CC(=O)c1ccc(N)cc1)C1OC(=O)CC(=O)CCCC(=O)CCC[C@@H](O)C[C@@H](O)CC(=O)CC(O)C(C(=O)O)C(O)C[C@H](O[C@H]2OC(C)C(O)C(=O)[C@H]2O)/C=C/C=C/C=C/C=C/C=C/C=C/C=C/[C@@H]1C. The van der Waals surface area contributed by atoms with Crippen molar-refractivity contribution in [1.29, 1.82) is 0 Å². The minimum Gasteiger partial charge on any atom is -0.481 e. The molecule has 2 aliphatic rings. The molecule has 0 spiro atoms. The number of hydrogen-bond acceptors (Lipinski definition) is 18. The molecule has 1 aromatic rings. The Bertz CT molecular complexity index is 2320. The van der Waals surface area contributed by atoms with E-state index in [4.69, 9.17) is 19.9 Å². The predicted octanol–water partition coefficient (Wildman–Crippen LogP) is 4.88. The number of ketones is 5. The summed E-state index contributed by atoms with van der Waals surface area (Å²) >= 11 is 0. The molecule has 430 valence electrons. The number of Topliss-reactive ketones (excluding diaryl/α,β-unsaturated/α-hetero) is 5. The van der Waals surface area contributed by atoms with E-state index in [9.17, 15) is 74.4 Å². The lowest BCUT2D eigenvalue weighted by molar-refractivity contribution is -0.258. The standard InChI is InChI=1S/C59H81NO18/c1-36-19-15-13-11-9-7-5-6-8-10-12-14-16-24-47(77-59-56(73)55(72)54(71)39(4)76-59)34-51(69)53(58(74)75)50(68)32-46(65)31-45(64)30-43(62)22-17-20-42(61)21-18-23-44(63)33-52(70)78-57(36)38(3)29-37(2)48(66)35-49(67)40-25-27-41(60)28-26-40/h5-16,19,24-28,36-39,43,45,47-48,50-51,53-54,56-57,59,62,64,66,68-69,71,73H,17-18,20-23,29-35,60H2,1-4H3,(H,74,75)/b6-5+,9-7+,10-8+,13-11+,14-12+,19-15+,24-16+/t36-,37?,38?,39?,43+,45+,47+,48+,50?,51?,53?,54?,56+,57?,59+/m0/s1. The summed E-state index contributed by atoms with van der Waals surface area (Å²) < 4.78 is 17.3. The molecule has 1 fully saturated rings. The molecule has 0 bridgehead atoms. The number of anilines is 1. The third kappa shape index (κ3) is 24.4. The van der Waals surface area contributed by atoms with Gasteiger partial charge in [-0.2, -0.15) is 0 Å². The Kier molecular flexibility index (Phi) is 29.7. The van der Waals surface area contributed by atoms with E-state index in [0.717, 1.165) is 0 Å². The van der Waals surface area contributed by atoms with Crippen molar-refractivity contribution in [3.8, 4) is 0 Å². The van der Waals surface area contributed by atoms with Crippen LogP contribution in [0, 0.1) is 23.7 Å². The lowest BCUT2D eigenvalue weighted by atomic mass is 9.83. The monoisotopic (exact) mass is 1090 g/mol. The molecule has 3 rings (SSSR count). The predicted molar refractivity (Wildman–Crippen MR) is 289 cm³/mol. The number of carboxylic acid groups (broad SMARTS) is 1. The van der Waals surface area contributed by atoms with E-state index >= 15 is 0 Å². The van der Waals surface area contributed by atoms with Gasteiger partial charge in [-0.3, -0.25) is 33.6 Å². The average molecular weight is 1090 g/mol. The third-order valence-corrected chi connectivity index (χ3v) is 13.6. The lowest BCUT2D eigenvalue weighted by Crippen LogP contribution is -2.55. The Morgan fingerprint density at radius 3 is 1.86 bits per heavy atom. The van der Waals surface area contributed by atoms with Gasteiger partial charge in [-0.15, -0.1) is 0 Å². The highest BCUT2D eigenvalue weighted by molar-refractivity contribution is 5.97. The van der Waals surface area contributed by atoms with Crippen LogP contribution in [0.4, 0.5) is 5.69 Å². The highest BCUT2D eigenvalue weighted by Gasteiger charge is 2.44. The maximum atomic E-state index is 13.3. The highest BCUT2D eigenvalue weighted by atomic mass is 16.7. The molecule has 78 heavy (non-hydrogen) atoms. The van der Waals surface area contributed by atoms with Gasteiger partial charge >= 0.3 is 11.9 Å². The third-order valence-electron chi connectivity index (χ3n) is 13.6. The number of nitrogen functional groups attached to an aromatic ring is 1. The number of esters is 1. The van der Waals surface area contributed by atoms with Gasteiger partial charge in [0.05, 0.1) is 42.7 Å². The first kappa shape index (κ1) is 66.4. The Balaban J connectivity index is 1.81. The number of ether oxygens (including phenoxy) is 3. The number of benzene rings is 1. The van der Waals surface area contributed by atoms with Crippen LogP contribution in [0.25, 0.3) is 0 Å². The molecule has 0 saturated carbocycles. The summed E-state index contributed by atoms with van der Waals surface area (Å²) in [6.07, 6.45) is 6.24. The minimum absolute atomic E-state index is 0.0338. The van der Waals surface area contributed by atoms with Crippen molar-refractivity contribution in [3.05, 3.63) is 115 Å². The van der Waals surface area contributed by atoms with Gasteiger partial charge in [-0.1, -0.05) is 106 Å². The van der Waals surface area contributed by atoms with E-state index in [1.54, 1.807) is 91.1 Å². The van der Waals surface area contributed by atoms with Crippen molar-refractivity contribution in [2.75, 3.05) is 5.73 Å². The number of cyclic esters (lactones) is 1. The molecule has 1 aromatic carbocycles. The number of carbonyl (C=O) groups excluding carboxylic acids is 6. The van der Waals surface area contributed by atoms with Gasteiger partial charge in [0.1, 0.15) is 41.9 Å².